The average molecular weight is 341 g/mol. The molecule has 3 heteroatoms. The van der Waals surface area contributed by atoms with Crippen LogP contribution in [0.5, 0.6) is 0 Å². The Morgan fingerprint density at radius 1 is 1.00 bits per heavy atom. The number of nitrogens with zero attached hydrogens (tertiary/aromatic N) is 1. The van der Waals surface area contributed by atoms with E-state index in [1.807, 2.05) is 6.20 Å². The van der Waals surface area contributed by atoms with Crippen LogP contribution in [0.4, 0.5) is 0 Å². The molecule has 1 aliphatic rings. The van der Waals surface area contributed by atoms with E-state index in [0.717, 1.165) is 19.5 Å². The van der Waals surface area contributed by atoms with Crippen molar-refractivity contribution >= 4 is 17.1 Å². The van der Waals surface area contributed by atoms with Crippen LogP contribution < -0.4 is 17.0 Å². The van der Waals surface area contributed by atoms with Crippen LogP contribution >= 0.6 is 0 Å². The Kier molecular flexibility index (Phi) is 3.93. The van der Waals surface area contributed by atoms with Crippen molar-refractivity contribution < 1.29 is 21.6 Å². The normalized spacial score (nSPS) is 13.4. The number of rotatable bonds is 2. The summed E-state index contributed by atoms with van der Waals surface area (Å²) in [6, 6.07) is 17.3. The van der Waals surface area contributed by atoms with Gasteiger partial charge < -0.3 is 22.0 Å². The molecule has 1 aromatic heterocycles. The van der Waals surface area contributed by atoms with Gasteiger partial charge in [-0.3, -0.25) is 0 Å². The van der Waals surface area contributed by atoms with Crippen LogP contribution in [0.2, 0.25) is 0 Å². The van der Waals surface area contributed by atoms with E-state index in [-0.39, 0.29) is 17.0 Å². The van der Waals surface area contributed by atoms with Gasteiger partial charge in [0.1, 0.15) is 6.54 Å². The van der Waals surface area contributed by atoms with Gasteiger partial charge in [0.25, 0.3) is 0 Å². The minimum atomic E-state index is 0. The predicted molar refractivity (Wildman–Crippen MR) is 82.4 cm³/mol. The minimum absolute atomic E-state index is 0. The molecule has 0 saturated heterocycles. The molecule has 106 valence electrons. The fourth-order valence-electron chi connectivity index (χ4n) is 3.04. The quantitative estimate of drug-likeness (QED) is 0.649. The van der Waals surface area contributed by atoms with Gasteiger partial charge in [-0.15, -0.1) is 0 Å². The number of H-pyrrole nitrogens is 1. The molecule has 2 aromatic carbocycles. The second kappa shape index (κ2) is 5.86. The Morgan fingerprint density at radius 2 is 1.90 bits per heavy atom. The number of nitrogens with one attached hydrogen (secondary N) is 1. The van der Waals surface area contributed by atoms with Crippen molar-refractivity contribution in [1.29, 1.82) is 0 Å². The largest absolute Gasteiger partial charge is 1.00 e. The first-order valence-electron chi connectivity index (χ1n) is 7.12. The zero-order valence-electron chi connectivity index (χ0n) is 11.7. The summed E-state index contributed by atoms with van der Waals surface area (Å²) in [5, 5.41) is 1.33. The Hall–Kier alpha value is -1.87. The lowest BCUT2D eigenvalue weighted by atomic mass is 10.0. The van der Waals surface area contributed by atoms with E-state index in [9.17, 15) is 0 Å². The maximum Gasteiger partial charge on any atom is 0.171 e. The fourth-order valence-corrected chi connectivity index (χ4v) is 3.04. The molecule has 0 unspecified atom stereocenters. The van der Waals surface area contributed by atoms with E-state index in [1.165, 1.54) is 27.6 Å². The number of halogens is 1. The van der Waals surface area contributed by atoms with Crippen molar-refractivity contribution in [1.82, 2.24) is 4.98 Å². The third kappa shape index (κ3) is 2.66. The van der Waals surface area contributed by atoms with Crippen molar-refractivity contribution in [2.45, 2.75) is 13.0 Å². The smallest absolute Gasteiger partial charge is 0.171 e. The number of hydrogen-bond donors (Lipinski definition) is 1. The maximum atomic E-state index is 3.28. The zero-order valence-corrected chi connectivity index (χ0v) is 13.3. The van der Waals surface area contributed by atoms with E-state index in [1.54, 1.807) is 0 Å². The van der Waals surface area contributed by atoms with Gasteiger partial charge in [-0.2, -0.15) is 0 Å². The summed E-state index contributed by atoms with van der Waals surface area (Å²) in [5.74, 6) is 0. The number of aromatic nitrogens is 1. The first kappa shape index (κ1) is 14.1. The molecular weight excluding hydrogens is 324 g/mol. The maximum absolute atomic E-state index is 3.28. The Morgan fingerprint density at radius 3 is 2.86 bits per heavy atom. The molecule has 1 N–H and O–H groups in total. The SMILES string of the molecule is C1=[N+](Cc2cccc3[nH]ccc23)CCc2ccccc21.[Br-]. The molecule has 0 saturated carbocycles. The van der Waals surface area contributed by atoms with Gasteiger partial charge >= 0.3 is 0 Å². The van der Waals surface area contributed by atoms with Crippen LogP contribution in [-0.2, 0) is 13.0 Å². The number of hydrogen-bond acceptors (Lipinski definition) is 0. The van der Waals surface area contributed by atoms with Gasteiger partial charge in [0.05, 0.1) is 0 Å². The molecule has 0 amide bonds. The molecule has 0 bridgehead atoms. The molecule has 0 fully saturated rings. The van der Waals surface area contributed by atoms with Crippen molar-refractivity contribution in [2.24, 2.45) is 0 Å². The van der Waals surface area contributed by atoms with Gasteiger partial charge in [-0.1, -0.05) is 30.3 Å². The highest BCUT2D eigenvalue weighted by Crippen LogP contribution is 2.19. The van der Waals surface area contributed by atoms with Crippen molar-refractivity contribution in [3.63, 3.8) is 0 Å². The summed E-state index contributed by atoms with van der Waals surface area (Å²) in [7, 11) is 0. The van der Waals surface area contributed by atoms with Gasteiger partial charge in [0.2, 0.25) is 0 Å². The summed E-state index contributed by atoms with van der Waals surface area (Å²) in [6.07, 6.45) is 5.45. The van der Waals surface area contributed by atoms with Crippen molar-refractivity contribution in [3.05, 3.63) is 71.4 Å². The van der Waals surface area contributed by atoms with Gasteiger partial charge in [0.15, 0.2) is 12.8 Å². The molecule has 4 rings (SSSR count). The summed E-state index contributed by atoms with van der Waals surface area (Å²) in [6.45, 7) is 2.07. The third-order valence-corrected chi connectivity index (χ3v) is 4.10. The molecule has 2 heterocycles. The summed E-state index contributed by atoms with van der Waals surface area (Å²) in [4.78, 5) is 3.28. The summed E-state index contributed by atoms with van der Waals surface area (Å²) in [5.41, 5.74) is 5.43. The highest BCUT2D eigenvalue weighted by molar-refractivity contribution is 5.83. The van der Waals surface area contributed by atoms with E-state index in [2.05, 4.69) is 64.3 Å². The lowest BCUT2D eigenvalue weighted by molar-refractivity contribution is -0.539. The summed E-state index contributed by atoms with van der Waals surface area (Å²) >= 11 is 0. The standard InChI is InChI=1S/C18H17N2.BrH/c1-2-5-15-12-20(11-9-14(15)4-1)13-16-6-3-7-18-17(16)8-10-19-18;/h1-8,10,12,19H,9,11,13H2;1H/q+1;/p-1. The predicted octanol–water partition coefficient (Wildman–Crippen LogP) is 0.360. The second-order valence-corrected chi connectivity index (χ2v) is 5.40. The van der Waals surface area contributed by atoms with E-state index in [0.29, 0.717) is 0 Å². The van der Waals surface area contributed by atoms with Crippen molar-refractivity contribution in [3.8, 4) is 0 Å². The van der Waals surface area contributed by atoms with Gasteiger partial charge in [-0.05, 0) is 23.8 Å². The molecule has 3 aromatic rings. The molecule has 0 spiro atoms. The molecular formula is C18H17BrN2. The average Bonchev–Trinajstić information content (AvgIpc) is 2.97. The number of aromatic amines is 1. The van der Waals surface area contributed by atoms with Gasteiger partial charge in [0, 0.05) is 34.6 Å². The topological polar surface area (TPSA) is 18.8 Å². The van der Waals surface area contributed by atoms with Gasteiger partial charge in [-0.25, -0.2) is 4.58 Å². The third-order valence-electron chi connectivity index (χ3n) is 4.10. The zero-order chi connectivity index (χ0) is 13.4. The first-order chi connectivity index (χ1) is 9.90. The fraction of sp³-hybridized carbons (Fsp3) is 0.167. The molecule has 2 nitrogen and oxygen atoms in total. The van der Waals surface area contributed by atoms with Crippen molar-refractivity contribution in [2.75, 3.05) is 6.54 Å². The molecule has 0 radical (unpaired) electrons. The van der Waals surface area contributed by atoms with Crippen LogP contribution in [0.1, 0.15) is 16.7 Å². The minimum Gasteiger partial charge on any atom is -1.00 e. The van der Waals surface area contributed by atoms with Crippen LogP contribution in [0.3, 0.4) is 0 Å². The van der Waals surface area contributed by atoms with Crippen LogP contribution in [-0.4, -0.2) is 22.3 Å². The van der Waals surface area contributed by atoms with Crippen LogP contribution in [0.15, 0.2) is 54.7 Å². The molecule has 1 aliphatic heterocycles. The van der Waals surface area contributed by atoms with E-state index >= 15 is 0 Å². The Balaban J connectivity index is 0.00000132. The molecule has 0 aliphatic carbocycles. The van der Waals surface area contributed by atoms with Crippen LogP contribution in [0.25, 0.3) is 10.9 Å². The second-order valence-electron chi connectivity index (χ2n) is 5.40. The highest BCUT2D eigenvalue weighted by atomic mass is 79.9. The highest BCUT2D eigenvalue weighted by Gasteiger charge is 2.16. The van der Waals surface area contributed by atoms with E-state index < -0.39 is 0 Å². The monoisotopic (exact) mass is 340 g/mol. The first-order valence-corrected chi connectivity index (χ1v) is 7.12. The lowest BCUT2D eigenvalue weighted by Gasteiger charge is -2.12. The molecule has 0 atom stereocenters. The number of benzene rings is 2. The van der Waals surface area contributed by atoms with Crippen LogP contribution in [0, 0.1) is 0 Å². The number of fused-ring (bicyclic) bond motifs is 2. The molecule has 21 heavy (non-hydrogen) atoms. The summed E-state index contributed by atoms with van der Waals surface area (Å²) < 4.78 is 2.42. The lowest BCUT2D eigenvalue weighted by Crippen LogP contribution is -3.00. The van der Waals surface area contributed by atoms with E-state index in [4.69, 9.17) is 0 Å². The Bertz CT molecular complexity index is 802. The Labute approximate surface area is 134 Å².